The highest BCUT2D eigenvalue weighted by molar-refractivity contribution is 5.93. The Morgan fingerprint density at radius 2 is 1.87 bits per heavy atom. The second-order valence-electron chi connectivity index (χ2n) is 12.0. The van der Waals surface area contributed by atoms with Crippen molar-refractivity contribution in [3.63, 3.8) is 0 Å². The number of hydrogen-bond donors (Lipinski definition) is 1. The van der Waals surface area contributed by atoms with E-state index in [0.717, 1.165) is 42.9 Å². The van der Waals surface area contributed by atoms with E-state index in [2.05, 4.69) is 18.4 Å². The number of carbonyl (C=O) groups excluding carboxylic acids is 1. The van der Waals surface area contributed by atoms with Crippen molar-refractivity contribution in [2.24, 2.45) is 17.3 Å². The van der Waals surface area contributed by atoms with E-state index in [9.17, 15) is 18.7 Å². The molecule has 6 atom stereocenters. The lowest BCUT2D eigenvalue weighted by Crippen LogP contribution is -2.66. The van der Waals surface area contributed by atoms with Crippen molar-refractivity contribution in [3.05, 3.63) is 70.8 Å². The quantitative estimate of drug-likeness (QED) is 0.326. The molecule has 5 heteroatoms. The third-order valence-corrected chi connectivity index (χ3v) is 10.3. The predicted octanol–water partition coefficient (Wildman–Crippen LogP) is 7.63. The fourth-order valence-electron chi connectivity index (χ4n) is 8.19. The molecule has 0 heterocycles. The van der Waals surface area contributed by atoms with Crippen molar-refractivity contribution in [2.45, 2.75) is 95.2 Å². The molecule has 2 fully saturated rings. The van der Waals surface area contributed by atoms with Crippen LogP contribution in [0.2, 0.25) is 0 Å². The molecule has 0 radical (unpaired) electrons. The Morgan fingerprint density at radius 1 is 1.16 bits per heavy atom. The number of fused-ring (bicyclic) bond motifs is 4. The first-order valence-corrected chi connectivity index (χ1v) is 13.9. The van der Waals surface area contributed by atoms with Crippen LogP contribution < -0.4 is 0 Å². The lowest BCUT2D eigenvalue weighted by Gasteiger charge is -2.57. The minimum atomic E-state index is -3.88. The zero-order valence-corrected chi connectivity index (χ0v) is 22.5. The van der Waals surface area contributed by atoms with Gasteiger partial charge in [0.1, 0.15) is 5.60 Å². The second kappa shape index (κ2) is 9.26. The zero-order valence-electron chi connectivity index (χ0n) is 22.5. The molecule has 0 saturated heterocycles. The van der Waals surface area contributed by atoms with Gasteiger partial charge in [-0.3, -0.25) is 4.79 Å². The van der Waals surface area contributed by atoms with E-state index in [-0.39, 0.29) is 30.0 Å². The van der Waals surface area contributed by atoms with Crippen molar-refractivity contribution in [1.29, 1.82) is 0 Å². The van der Waals surface area contributed by atoms with Crippen LogP contribution in [0.1, 0.15) is 89.2 Å². The van der Waals surface area contributed by atoms with Gasteiger partial charge in [0.25, 0.3) is 0 Å². The van der Waals surface area contributed by atoms with Gasteiger partial charge in [0.15, 0.2) is 5.78 Å². The number of benzene rings is 1. The molecule has 0 amide bonds. The fraction of sp³-hybridized carbons (Fsp3) is 0.545. The summed E-state index contributed by atoms with van der Waals surface area (Å²) in [5, 5.41) is 12.0. The monoisotopic (exact) mass is 522 g/mol. The third-order valence-electron chi connectivity index (χ3n) is 10.3. The molecule has 0 aliphatic heterocycles. The summed E-state index contributed by atoms with van der Waals surface area (Å²) in [6.45, 7) is 7.85. The number of aliphatic hydroxyl groups is 1. The summed E-state index contributed by atoms with van der Waals surface area (Å²) in [4.78, 5) is 12.2. The highest BCUT2D eigenvalue weighted by Gasteiger charge is 2.74. The molecule has 2 nitrogen and oxygen atoms in total. The minimum Gasteiger partial charge on any atom is -0.386 e. The predicted molar refractivity (Wildman–Crippen MR) is 143 cm³/mol. The molecule has 3 unspecified atom stereocenters. The molecule has 38 heavy (non-hydrogen) atoms. The van der Waals surface area contributed by atoms with E-state index in [4.69, 9.17) is 0 Å². The van der Waals surface area contributed by atoms with Crippen LogP contribution in [-0.2, 0) is 4.79 Å². The normalized spacial score (nSPS) is 34.2. The molecule has 0 bridgehead atoms. The Bertz CT molecular complexity index is 1280. The van der Waals surface area contributed by atoms with E-state index in [1.54, 1.807) is 6.08 Å². The molecule has 4 aliphatic rings. The first-order valence-electron chi connectivity index (χ1n) is 13.9. The number of rotatable bonds is 4. The van der Waals surface area contributed by atoms with Crippen molar-refractivity contribution in [2.75, 3.05) is 0 Å². The van der Waals surface area contributed by atoms with Crippen molar-refractivity contribution in [3.8, 4) is 11.8 Å². The summed E-state index contributed by atoms with van der Waals surface area (Å²) in [5.41, 5.74) is -0.969. The Balaban J connectivity index is 1.67. The Kier molecular flexibility index (Phi) is 6.58. The number of halogens is 3. The maximum atomic E-state index is 16.3. The molecule has 1 aromatic rings. The largest absolute Gasteiger partial charge is 0.386 e. The van der Waals surface area contributed by atoms with Crippen LogP contribution in [0.4, 0.5) is 13.2 Å². The van der Waals surface area contributed by atoms with Crippen LogP contribution >= 0.6 is 0 Å². The van der Waals surface area contributed by atoms with Crippen LogP contribution in [0.5, 0.6) is 0 Å². The SMILES string of the molecule is C=CC(F)(F)[C@@](C)(F)[C@]1(O)CCC2C3CCC4=CC(=O)CCC4=C3C(c3ccc(C#CCC)cc3)C[C@@]21C. The van der Waals surface area contributed by atoms with Crippen LogP contribution in [0.3, 0.4) is 0 Å². The van der Waals surface area contributed by atoms with Gasteiger partial charge in [-0.05, 0) is 98.3 Å². The molecule has 0 spiro atoms. The lowest BCUT2D eigenvalue weighted by atomic mass is 9.49. The van der Waals surface area contributed by atoms with Crippen molar-refractivity contribution in [1.82, 2.24) is 0 Å². The highest BCUT2D eigenvalue weighted by atomic mass is 19.3. The number of ketones is 1. The number of alkyl halides is 3. The standard InChI is InChI=1S/C33H37F3O2/c1-5-7-8-21-9-11-22(12-10-21)27-20-30(3)28(17-18-32(30,38)31(4,34)33(35,36)6-2)26-15-13-23-19-24(37)14-16-25(23)29(26)27/h6,9-12,19,26-28,38H,2,5,13-18,20H2,1,3-4H3/t26?,27?,28?,30-,31-,32-/m0/s1. The lowest BCUT2D eigenvalue weighted by molar-refractivity contribution is -0.242. The highest BCUT2D eigenvalue weighted by Crippen LogP contribution is 2.70. The van der Waals surface area contributed by atoms with Crippen LogP contribution in [-0.4, -0.2) is 28.1 Å². The third kappa shape index (κ3) is 3.78. The summed E-state index contributed by atoms with van der Waals surface area (Å²) < 4.78 is 46.3. The maximum Gasteiger partial charge on any atom is 0.302 e. The van der Waals surface area contributed by atoms with Crippen LogP contribution in [0, 0.1) is 29.1 Å². The van der Waals surface area contributed by atoms with Gasteiger partial charge in [-0.1, -0.05) is 50.0 Å². The van der Waals surface area contributed by atoms with Crippen molar-refractivity contribution >= 4 is 5.78 Å². The summed E-state index contributed by atoms with van der Waals surface area (Å²) >= 11 is 0. The molecule has 0 aromatic heterocycles. The average Bonchev–Trinajstić information content (AvgIpc) is 3.18. The van der Waals surface area contributed by atoms with Gasteiger partial charge in [0.05, 0.1) is 0 Å². The summed E-state index contributed by atoms with van der Waals surface area (Å²) in [7, 11) is 0. The van der Waals surface area contributed by atoms with E-state index >= 15 is 4.39 Å². The Morgan fingerprint density at radius 3 is 2.53 bits per heavy atom. The molecular formula is C33H37F3O2. The molecule has 1 N–H and O–H groups in total. The number of carbonyl (C=O) groups is 1. The van der Waals surface area contributed by atoms with Crippen LogP contribution in [0.15, 0.2) is 59.7 Å². The first-order chi connectivity index (χ1) is 17.9. The van der Waals surface area contributed by atoms with Gasteiger partial charge in [-0.25, -0.2) is 4.39 Å². The first kappa shape index (κ1) is 27.0. The van der Waals surface area contributed by atoms with Gasteiger partial charge in [0, 0.05) is 29.7 Å². The number of hydrogen-bond acceptors (Lipinski definition) is 2. The smallest absolute Gasteiger partial charge is 0.302 e. The van der Waals surface area contributed by atoms with Gasteiger partial charge < -0.3 is 5.11 Å². The van der Waals surface area contributed by atoms with Gasteiger partial charge in [0.2, 0.25) is 5.67 Å². The second-order valence-corrected chi connectivity index (χ2v) is 12.0. The summed E-state index contributed by atoms with van der Waals surface area (Å²) in [6, 6.07) is 8.02. The van der Waals surface area contributed by atoms with E-state index in [1.165, 1.54) is 11.1 Å². The van der Waals surface area contributed by atoms with E-state index < -0.39 is 22.6 Å². The molecule has 2 saturated carbocycles. The van der Waals surface area contributed by atoms with Gasteiger partial charge in [-0.2, -0.15) is 8.78 Å². The maximum absolute atomic E-state index is 16.3. The molecule has 1 aromatic carbocycles. The fourth-order valence-corrected chi connectivity index (χ4v) is 8.19. The van der Waals surface area contributed by atoms with E-state index in [0.29, 0.717) is 31.8 Å². The van der Waals surface area contributed by atoms with E-state index in [1.807, 2.05) is 38.1 Å². The molecular weight excluding hydrogens is 485 g/mol. The molecule has 5 rings (SSSR count). The Labute approximate surface area is 224 Å². The molecule has 202 valence electrons. The molecule has 4 aliphatic carbocycles. The van der Waals surface area contributed by atoms with Crippen LogP contribution in [0.25, 0.3) is 0 Å². The van der Waals surface area contributed by atoms with Gasteiger partial charge in [-0.15, -0.1) is 0 Å². The minimum absolute atomic E-state index is 0.0246. The topological polar surface area (TPSA) is 37.3 Å². The summed E-state index contributed by atoms with van der Waals surface area (Å²) in [6.07, 6.45) is 6.35. The Hall–Kier alpha value is -2.58. The van der Waals surface area contributed by atoms with Crippen molar-refractivity contribution < 1.29 is 23.1 Å². The average molecular weight is 523 g/mol. The number of allylic oxidation sites excluding steroid dienone is 5. The summed E-state index contributed by atoms with van der Waals surface area (Å²) in [5.74, 6) is 2.24. The van der Waals surface area contributed by atoms with Gasteiger partial charge >= 0.3 is 5.92 Å². The zero-order chi connectivity index (χ0) is 27.5.